The summed E-state index contributed by atoms with van der Waals surface area (Å²) in [6.45, 7) is 5.94. The van der Waals surface area contributed by atoms with E-state index in [4.69, 9.17) is 9.52 Å². The van der Waals surface area contributed by atoms with E-state index in [9.17, 15) is 9.59 Å². The second-order valence-electron chi connectivity index (χ2n) is 5.72. The number of hydrogen-bond donors (Lipinski definition) is 2. The fraction of sp³-hybridized carbons (Fsp3) is 0.250. The molecule has 0 atom stereocenters. The number of aromatic carboxylic acids is 1. The number of rotatable bonds is 3. The number of carbonyl (C=O) groups is 2. The smallest absolute Gasteiger partial charge is 0.337 e. The van der Waals surface area contributed by atoms with Crippen molar-refractivity contribution in [3.63, 3.8) is 0 Å². The van der Waals surface area contributed by atoms with Crippen molar-refractivity contribution in [3.05, 3.63) is 53.5 Å². The van der Waals surface area contributed by atoms with E-state index in [2.05, 4.69) is 5.32 Å². The number of furan rings is 1. The molecule has 110 valence electrons. The van der Waals surface area contributed by atoms with Crippen LogP contribution in [-0.4, -0.2) is 17.0 Å². The topological polar surface area (TPSA) is 79.5 Å². The van der Waals surface area contributed by atoms with Gasteiger partial charge in [-0.15, -0.1) is 0 Å². The number of nitrogens with one attached hydrogen (secondary N) is 1. The van der Waals surface area contributed by atoms with Gasteiger partial charge in [0, 0.05) is 5.41 Å². The van der Waals surface area contributed by atoms with E-state index in [-0.39, 0.29) is 22.4 Å². The molecular weight excluding hydrogens is 270 g/mol. The van der Waals surface area contributed by atoms with Crippen LogP contribution in [0, 0.1) is 0 Å². The number of carboxylic acids is 1. The quantitative estimate of drug-likeness (QED) is 0.905. The molecule has 5 heteroatoms. The van der Waals surface area contributed by atoms with Crippen molar-refractivity contribution in [2.45, 2.75) is 26.2 Å². The molecule has 2 N–H and O–H groups in total. The van der Waals surface area contributed by atoms with E-state index in [0.29, 0.717) is 5.76 Å². The van der Waals surface area contributed by atoms with Crippen LogP contribution in [0.15, 0.2) is 40.8 Å². The fourth-order valence-corrected chi connectivity index (χ4v) is 1.83. The first kappa shape index (κ1) is 14.8. The lowest BCUT2D eigenvalue weighted by molar-refractivity contribution is 0.0698. The van der Waals surface area contributed by atoms with Crippen LogP contribution >= 0.6 is 0 Å². The van der Waals surface area contributed by atoms with Crippen molar-refractivity contribution in [1.82, 2.24) is 0 Å². The average molecular weight is 287 g/mol. The highest BCUT2D eigenvalue weighted by Crippen LogP contribution is 2.25. The predicted octanol–water partition coefficient (Wildman–Crippen LogP) is 3.53. The molecule has 21 heavy (non-hydrogen) atoms. The Morgan fingerprint density at radius 2 is 1.76 bits per heavy atom. The molecule has 0 unspecified atom stereocenters. The SMILES string of the molecule is CC(C)(C)c1ccc(C(=O)Nc2ccccc2C(=O)O)o1. The largest absolute Gasteiger partial charge is 0.478 e. The summed E-state index contributed by atoms with van der Waals surface area (Å²) in [5.41, 5.74) is 0.0782. The third-order valence-electron chi connectivity index (χ3n) is 2.97. The standard InChI is InChI=1S/C16H17NO4/c1-16(2,3)13-9-8-12(21-13)14(18)17-11-7-5-4-6-10(11)15(19)20/h4-9H,1-3H3,(H,17,18)(H,19,20). The molecular formula is C16H17NO4. The Kier molecular flexibility index (Phi) is 3.84. The average Bonchev–Trinajstić information content (AvgIpc) is 2.88. The van der Waals surface area contributed by atoms with Crippen molar-refractivity contribution in [3.8, 4) is 0 Å². The third-order valence-corrected chi connectivity index (χ3v) is 2.97. The fourth-order valence-electron chi connectivity index (χ4n) is 1.83. The Morgan fingerprint density at radius 3 is 2.33 bits per heavy atom. The Morgan fingerprint density at radius 1 is 1.10 bits per heavy atom. The number of anilines is 1. The van der Waals surface area contributed by atoms with Gasteiger partial charge in [-0.1, -0.05) is 32.9 Å². The van der Waals surface area contributed by atoms with Crippen molar-refractivity contribution in [2.75, 3.05) is 5.32 Å². The number of benzene rings is 1. The molecule has 1 aromatic heterocycles. The van der Waals surface area contributed by atoms with E-state index in [1.54, 1.807) is 24.3 Å². The molecule has 0 fully saturated rings. The first-order chi connectivity index (χ1) is 9.79. The lowest BCUT2D eigenvalue weighted by Crippen LogP contribution is -2.14. The van der Waals surface area contributed by atoms with Gasteiger partial charge in [0.2, 0.25) is 0 Å². The maximum atomic E-state index is 12.1. The number of hydrogen-bond acceptors (Lipinski definition) is 3. The highest BCUT2D eigenvalue weighted by Gasteiger charge is 2.21. The van der Waals surface area contributed by atoms with E-state index < -0.39 is 11.9 Å². The Labute approximate surface area is 122 Å². The van der Waals surface area contributed by atoms with Gasteiger partial charge in [-0.3, -0.25) is 4.79 Å². The summed E-state index contributed by atoms with van der Waals surface area (Å²) in [6, 6.07) is 9.56. The van der Waals surface area contributed by atoms with Gasteiger partial charge < -0.3 is 14.8 Å². The molecule has 2 aromatic rings. The van der Waals surface area contributed by atoms with Crippen molar-refractivity contribution in [2.24, 2.45) is 0 Å². The Bertz CT molecular complexity index is 680. The normalized spacial score (nSPS) is 11.2. The molecule has 0 aliphatic heterocycles. The van der Waals surface area contributed by atoms with Crippen LogP contribution in [0.2, 0.25) is 0 Å². The minimum atomic E-state index is -1.10. The minimum Gasteiger partial charge on any atom is -0.478 e. The molecule has 5 nitrogen and oxygen atoms in total. The van der Waals surface area contributed by atoms with Crippen molar-refractivity contribution in [1.29, 1.82) is 0 Å². The molecule has 0 aliphatic rings. The van der Waals surface area contributed by atoms with E-state index in [1.165, 1.54) is 12.1 Å². The zero-order valence-corrected chi connectivity index (χ0v) is 12.1. The van der Waals surface area contributed by atoms with Crippen LogP contribution in [0.1, 0.15) is 47.4 Å². The first-order valence-corrected chi connectivity index (χ1v) is 6.53. The second kappa shape index (κ2) is 5.44. The van der Waals surface area contributed by atoms with Crippen molar-refractivity contribution >= 4 is 17.6 Å². The van der Waals surface area contributed by atoms with Gasteiger partial charge in [-0.25, -0.2) is 4.79 Å². The van der Waals surface area contributed by atoms with E-state index in [0.717, 1.165) is 0 Å². The molecule has 0 saturated carbocycles. The minimum absolute atomic E-state index is 0.0356. The van der Waals surface area contributed by atoms with Gasteiger partial charge in [0.05, 0.1) is 11.3 Å². The molecule has 0 bridgehead atoms. The molecule has 0 saturated heterocycles. The summed E-state index contributed by atoms with van der Waals surface area (Å²) in [4.78, 5) is 23.2. The molecule has 1 heterocycles. The van der Waals surface area contributed by atoms with Crippen LogP contribution < -0.4 is 5.32 Å². The van der Waals surface area contributed by atoms with Crippen LogP contribution in [0.25, 0.3) is 0 Å². The van der Waals surface area contributed by atoms with Gasteiger partial charge in [-0.2, -0.15) is 0 Å². The summed E-state index contributed by atoms with van der Waals surface area (Å²) in [7, 11) is 0. The van der Waals surface area contributed by atoms with Gasteiger partial charge >= 0.3 is 5.97 Å². The number of amides is 1. The van der Waals surface area contributed by atoms with Crippen LogP contribution in [0.3, 0.4) is 0 Å². The Balaban J connectivity index is 2.23. The maximum absolute atomic E-state index is 12.1. The van der Waals surface area contributed by atoms with E-state index >= 15 is 0 Å². The molecule has 0 aliphatic carbocycles. The lowest BCUT2D eigenvalue weighted by Gasteiger charge is -2.14. The predicted molar refractivity (Wildman–Crippen MR) is 78.8 cm³/mol. The maximum Gasteiger partial charge on any atom is 0.337 e. The molecule has 0 radical (unpaired) electrons. The van der Waals surface area contributed by atoms with Crippen molar-refractivity contribution < 1.29 is 19.1 Å². The monoisotopic (exact) mass is 287 g/mol. The zero-order chi connectivity index (χ0) is 15.6. The van der Waals surface area contributed by atoms with Crippen LogP contribution in [0.4, 0.5) is 5.69 Å². The lowest BCUT2D eigenvalue weighted by atomic mass is 9.94. The number of para-hydroxylation sites is 1. The summed E-state index contributed by atoms with van der Waals surface area (Å²) < 4.78 is 5.52. The highest BCUT2D eigenvalue weighted by molar-refractivity contribution is 6.06. The van der Waals surface area contributed by atoms with Crippen LogP contribution in [-0.2, 0) is 5.41 Å². The molecule has 1 amide bonds. The molecule has 1 aromatic carbocycles. The summed E-state index contributed by atoms with van der Waals surface area (Å²) >= 11 is 0. The number of carbonyl (C=O) groups excluding carboxylic acids is 1. The van der Waals surface area contributed by atoms with Gasteiger partial charge in [0.1, 0.15) is 5.76 Å². The third kappa shape index (κ3) is 3.31. The van der Waals surface area contributed by atoms with Gasteiger partial charge in [0.25, 0.3) is 5.91 Å². The number of carboxylic acid groups (broad SMARTS) is 1. The molecule has 2 rings (SSSR count). The molecule has 0 spiro atoms. The van der Waals surface area contributed by atoms with Crippen LogP contribution in [0.5, 0.6) is 0 Å². The van der Waals surface area contributed by atoms with E-state index in [1.807, 2.05) is 20.8 Å². The second-order valence-corrected chi connectivity index (χ2v) is 5.72. The zero-order valence-electron chi connectivity index (χ0n) is 12.1. The summed E-state index contributed by atoms with van der Waals surface area (Å²) in [5.74, 6) is -0.723. The highest BCUT2D eigenvalue weighted by atomic mass is 16.4. The summed E-state index contributed by atoms with van der Waals surface area (Å²) in [5, 5.41) is 11.6. The first-order valence-electron chi connectivity index (χ1n) is 6.53. The summed E-state index contributed by atoms with van der Waals surface area (Å²) in [6.07, 6.45) is 0. The Hall–Kier alpha value is -2.56. The van der Waals surface area contributed by atoms with Gasteiger partial charge in [-0.05, 0) is 24.3 Å². The van der Waals surface area contributed by atoms with Gasteiger partial charge in [0.15, 0.2) is 5.76 Å².